The first-order valence-corrected chi connectivity index (χ1v) is 12.2. The van der Waals surface area contributed by atoms with Gasteiger partial charge in [-0.25, -0.2) is 23.0 Å². The van der Waals surface area contributed by atoms with Gasteiger partial charge in [0.25, 0.3) is 10.0 Å². The summed E-state index contributed by atoms with van der Waals surface area (Å²) in [4.78, 5) is 26.8. The molecule has 0 spiro atoms. The fraction of sp³-hybridized carbons (Fsp3) is 0.409. The zero-order valence-electron chi connectivity index (χ0n) is 19.1. The molecule has 0 radical (unpaired) electrons. The van der Waals surface area contributed by atoms with Crippen LogP contribution < -0.4 is 9.62 Å². The van der Waals surface area contributed by atoms with Gasteiger partial charge in [-0.05, 0) is 68.9 Å². The van der Waals surface area contributed by atoms with E-state index in [0.717, 1.165) is 31.2 Å². The smallest absolute Gasteiger partial charge is 0.478 e. The fourth-order valence-corrected chi connectivity index (χ4v) is 4.62. The molecule has 0 unspecified atom stereocenters. The maximum absolute atomic E-state index is 12.8. The minimum atomic E-state index is -5.08. The van der Waals surface area contributed by atoms with Gasteiger partial charge in [0.15, 0.2) is 0 Å². The number of carbonyl (C=O) groups is 2. The molecule has 1 aromatic heterocycles. The molecule has 0 atom stereocenters. The maximum atomic E-state index is 12.8. The van der Waals surface area contributed by atoms with E-state index in [2.05, 4.69) is 9.71 Å². The lowest BCUT2D eigenvalue weighted by Gasteiger charge is -2.22. The van der Waals surface area contributed by atoms with E-state index >= 15 is 0 Å². The molecule has 192 valence electrons. The third-order valence-electron chi connectivity index (χ3n) is 5.29. The van der Waals surface area contributed by atoms with Gasteiger partial charge in [-0.2, -0.15) is 13.2 Å². The van der Waals surface area contributed by atoms with Crippen molar-refractivity contribution >= 4 is 33.5 Å². The van der Waals surface area contributed by atoms with Crippen LogP contribution in [0.3, 0.4) is 0 Å². The third-order valence-corrected chi connectivity index (χ3v) is 6.66. The molecule has 1 aliphatic carbocycles. The summed E-state index contributed by atoms with van der Waals surface area (Å²) in [5.74, 6) is -3.58. The molecule has 0 amide bonds. The lowest BCUT2D eigenvalue weighted by atomic mass is 9.92. The van der Waals surface area contributed by atoms with Crippen LogP contribution in [0.15, 0.2) is 35.4 Å². The number of hydrogen-bond donors (Lipinski definition) is 3. The molecule has 3 N–H and O–H groups in total. The first-order valence-electron chi connectivity index (χ1n) is 10.7. The van der Waals surface area contributed by atoms with Gasteiger partial charge in [0, 0.05) is 13.1 Å². The maximum Gasteiger partial charge on any atom is 0.490 e. The Kier molecular flexibility index (Phi) is 9.07. The van der Waals surface area contributed by atoms with Crippen molar-refractivity contribution in [2.75, 3.05) is 22.7 Å². The van der Waals surface area contributed by atoms with Crippen LogP contribution in [-0.2, 0) is 27.7 Å². The Morgan fingerprint density at radius 1 is 1.06 bits per heavy atom. The van der Waals surface area contributed by atoms with E-state index in [1.54, 1.807) is 12.1 Å². The van der Waals surface area contributed by atoms with Crippen LogP contribution in [0.25, 0.3) is 0 Å². The number of nitrogens with zero attached hydrogens (tertiary/aromatic N) is 2. The van der Waals surface area contributed by atoms with Gasteiger partial charge in [0.1, 0.15) is 11.4 Å². The van der Waals surface area contributed by atoms with Crippen molar-refractivity contribution in [3.63, 3.8) is 0 Å². The van der Waals surface area contributed by atoms with E-state index in [-0.39, 0.29) is 16.1 Å². The quantitative estimate of drug-likeness (QED) is 0.502. The lowest BCUT2D eigenvalue weighted by molar-refractivity contribution is -0.192. The Balaban J connectivity index is 0.000000540. The molecule has 0 saturated carbocycles. The molecule has 3 rings (SSSR count). The van der Waals surface area contributed by atoms with Crippen molar-refractivity contribution in [3.8, 4) is 0 Å². The first kappa shape index (κ1) is 27.9. The number of rotatable bonds is 7. The number of aliphatic carboxylic acids is 1. The molecule has 0 saturated heterocycles. The third kappa shape index (κ3) is 7.31. The Labute approximate surface area is 200 Å². The van der Waals surface area contributed by atoms with E-state index in [4.69, 9.17) is 9.90 Å². The molecule has 0 aliphatic heterocycles. The van der Waals surface area contributed by atoms with Gasteiger partial charge < -0.3 is 15.1 Å². The molecule has 9 nitrogen and oxygen atoms in total. The number of sulfonamides is 1. The Morgan fingerprint density at radius 3 is 2.14 bits per heavy atom. The van der Waals surface area contributed by atoms with Crippen LogP contribution in [0.1, 0.15) is 48.2 Å². The largest absolute Gasteiger partial charge is 0.490 e. The monoisotopic (exact) mass is 517 g/mol. The summed E-state index contributed by atoms with van der Waals surface area (Å²) in [6, 6.07) is 6.50. The molecule has 0 bridgehead atoms. The van der Waals surface area contributed by atoms with E-state index in [1.165, 1.54) is 17.8 Å². The number of carboxylic acid groups (broad SMARTS) is 2. The van der Waals surface area contributed by atoms with Crippen LogP contribution in [0, 0.1) is 0 Å². The number of hydrogen-bond acceptors (Lipinski definition) is 6. The number of aryl methyl sites for hydroxylation is 2. The number of aromatic nitrogens is 1. The molecule has 1 heterocycles. The molecule has 1 aromatic carbocycles. The summed E-state index contributed by atoms with van der Waals surface area (Å²) in [5, 5.41) is 16.7. The highest BCUT2D eigenvalue weighted by molar-refractivity contribution is 7.92. The second-order valence-corrected chi connectivity index (χ2v) is 9.30. The van der Waals surface area contributed by atoms with E-state index in [9.17, 15) is 31.5 Å². The van der Waals surface area contributed by atoms with Gasteiger partial charge in [0.05, 0.1) is 16.8 Å². The number of anilines is 2. The summed E-state index contributed by atoms with van der Waals surface area (Å²) in [7, 11) is -3.83. The van der Waals surface area contributed by atoms with Gasteiger partial charge in [-0.15, -0.1) is 0 Å². The average molecular weight is 518 g/mol. The van der Waals surface area contributed by atoms with Crippen molar-refractivity contribution in [2.45, 2.75) is 50.6 Å². The normalized spacial score (nSPS) is 13.2. The Bertz CT molecular complexity index is 1180. The van der Waals surface area contributed by atoms with E-state index < -0.39 is 28.1 Å². The van der Waals surface area contributed by atoms with Crippen molar-refractivity contribution in [2.24, 2.45) is 0 Å². The number of aromatic carboxylic acids is 1. The molecule has 13 heteroatoms. The second-order valence-electron chi connectivity index (χ2n) is 7.62. The minimum Gasteiger partial charge on any atom is -0.478 e. The molecular formula is C22H26F3N3O6S. The van der Waals surface area contributed by atoms with Crippen LogP contribution in [0.4, 0.5) is 24.7 Å². The van der Waals surface area contributed by atoms with E-state index in [0.29, 0.717) is 18.9 Å². The van der Waals surface area contributed by atoms with Crippen LogP contribution >= 0.6 is 0 Å². The van der Waals surface area contributed by atoms with Crippen molar-refractivity contribution in [1.82, 2.24) is 4.98 Å². The fourth-order valence-electron chi connectivity index (χ4n) is 3.54. The summed E-state index contributed by atoms with van der Waals surface area (Å²) < 4.78 is 59.8. The highest BCUT2D eigenvalue weighted by Crippen LogP contribution is 2.27. The zero-order chi connectivity index (χ0) is 26.4. The number of halogens is 3. The Morgan fingerprint density at radius 2 is 1.63 bits per heavy atom. The number of alkyl halides is 3. The van der Waals surface area contributed by atoms with Gasteiger partial charge in [0.2, 0.25) is 0 Å². The number of nitrogens with one attached hydrogen (secondary N) is 1. The number of benzene rings is 1. The van der Waals surface area contributed by atoms with Crippen LogP contribution in [0.5, 0.6) is 0 Å². The lowest BCUT2D eigenvalue weighted by Crippen LogP contribution is -2.25. The molecule has 35 heavy (non-hydrogen) atoms. The highest BCUT2D eigenvalue weighted by Gasteiger charge is 2.38. The minimum absolute atomic E-state index is 0.0330. The molecular weight excluding hydrogens is 491 g/mol. The van der Waals surface area contributed by atoms with Crippen LogP contribution in [-0.4, -0.2) is 54.8 Å². The molecule has 2 aromatic rings. The number of fused-ring (bicyclic) bond motifs is 1. The highest BCUT2D eigenvalue weighted by atomic mass is 32.2. The standard InChI is InChI=1S/C20H25N3O4S.C2HF3O2/c1-3-23(4-2)19-18(20(24)25)12-16(13-21-19)22-28(26,27)17-10-9-14-7-5-6-8-15(14)11-17;3-2(4,5)1(6)7/h9-13,22H,3-8H2,1-2H3,(H,24,25);(H,6,7). The van der Waals surface area contributed by atoms with Crippen molar-refractivity contribution in [3.05, 3.63) is 47.2 Å². The Hall–Kier alpha value is -3.35. The van der Waals surface area contributed by atoms with Crippen molar-refractivity contribution < 1.29 is 41.4 Å². The zero-order valence-corrected chi connectivity index (χ0v) is 19.9. The second kappa shape index (κ2) is 11.4. The summed E-state index contributed by atoms with van der Waals surface area (Å²) in [5.41, 5.74) is 2.36. The first-order chi connectivity index (χ1) is 16.3. The average Bonchev–Trinajstić information content (AvgIpc) is 2.79. The summed E-state index contributed by atoms with van der Waals surface area (Å²) in [6.07, 6.45) is 0.308. The molecule has 0 fully saturated rings. The number of carboxylic acids is 2. The molecule has 1 aliphatic rings. The predicted octanol–water partition coefficient (Wildman–Crippen LogP) is 3.94. The van der Waals surface area contributed by atoms with Crippen molar-refractivity contribution in [1.29, 1.82) is 0 Å². The predicted molar refractivity (Wildman–Crippen MR) is 122 cm³/mol. The van der Waals surface area contributed by atoms with E-state index in [1.807, 2.05) is 24.8 Å². The summed E-state index contributed by atoms with van der Waals surface area (Å²) >= 11 is 0. The SMILES string of the molecule is CCN(CC)c1ncc(NS(=O)(=O)c2ccc3c(c2)CCCC3)cc1C(=O)O.O=C(O)C(F)(F)F. The summed E-state index contributed by atoms with van der Waals surface area (Å²) in [6.45, 7) is 5.01. The van der Waals surface area contributed by atoms with Gasteiger partial charge in [-0.3, -0.25) is 4.72 Å². The van der Waals surface area contributed by atoms with Gasteiger partial charge >= 0.3 is 18.1 Å². The number of pyridine rings is 1. The topological polar surface area (TPSA) is 137 Å². The van der Waals surface area contributed by atoms with Gasteiger partial charge in [-0.1, -0.05) is 6.07 Å². The van der Waals surface area contributed by atoms with Crippen LogP contribution in [0.2, 0.25) is 0 Å².